The number of nitrogens with one attached hydrogen (secondary N) is 1. The quantitative estimate of drug-likeness (QED) is 0.838. The summed E-state index contributed by atoms with van der Waals surface area (Å²) in [5, 5.41) is 8.08. The van der Waals surface area contributed by atoms with Gasteiger partial charge in [-0.15, -0.1) is 0 Å². The van der Waals surface area contributed by atoms with Crippen LogP contribution in [-0.4, -0.2) is 27.0 Å². The number of rotatable bonds is 3. The first-order valence-electron chi connectivity index (χ1n) is 4.71. The second-order valence-corrected chi connectivity index (χ2v) is 4.38. The highest BCUT2D eigenvalue weighted by Crippen LogP contribution is 2.14. The first-order chi connectivity index (χ1) is 7.15. The van der Waals surface area contributed by atoms with Crippen LogP contribution in [0.2, 0.25) is 0 Å². The van der Waals surface area contributed by atoms with Crippen molar-refractivity contribution in [3.63, 3.8) is 0 Å². The van der Waals surface area contributed by atoms with Gasteiger partial charge in [-0.2, -0.15) is 5.10 Å². The van der Waals surface area contributed by atoms with Crippen molar-refractivity contribution in [2.45, 2.75) is 20.3 Å². The Balaban J connectivity index is 2.02. The van der Waals surface area contributed by atoms with Gasteiger partial charge in [-0.3, -0.25) is 4.79 Å². The van der Waals surface area contributed by atoms with Gasteiger partial charge in [0.15, 0.2) is 0 Å². The molecule has 0 spiro atoms. The molecule has 0 unspecified atom stereocenters. The minimum absolute atomic E-state index is 0.00724. The van der Waals surface area contributed by atoms with Gasteiger partial charge in [0.2, 0.25) is 10.9 Å². The average molecular weight is 224 g/mol. The van der Waals surface area contributed by atoms with Crippen molar-refractivity contribution in [1.82, 2.24) is 19.9 Å². The summed E-state index contributed by atoms with van der Waals surface area (Å²) in [6.07, 6.45) is 2.65. The molecule has 2 heterocycles. The fourth-order valence-electron chi connectivity index (χ4n) is 1.30. The normalized spacial score (nSPS) is 10.8. The zero-order valence-corrected chi connectivity index (χ0v) is 9.47. The van der Waals surface area contributed by atoms with Gasteiger partial charge in [-0.25, -0.2) is 9.50 Å². The van der Waals surface area contributed by atoms with Gasteiger partial charge in [0.1, 0.15) is 5.01 Å². The number of imidazole rings is 1. The van der Waals surface area contributed by atoms with Crippen LogP contribution in [-0.2, 0) is 11.2 Å². The van der Waals surface area contributed by atoms with Crippen molar-refractivity contribution in [2.75, 3.05) is 6.54 Å². The molecule has 0 saturated carbocycles. The lowest BCUT2D eigenvalue weighted by molar-refractivity contribution is -0.118. The van der Waals surface area contributed by atoms with E-state index in [2.05, 4.69) is 15.4 Å². The molecule has 0 bridgehead atoms. The maximum Gasteiger partial charge on any atom is 0.216 e. The van der Waals surface area contributed by atoms with Crippen LogP contribution >= 0.6 is 11.3 Å². The molecule has 1 N–H and O–H groups in total. The van der Waals surface area contributed by atoms with Crippen LogP contribution in [0.5, 0.6) is 0 Å². The topological polar surface area (TPSA) is 59.3 Å². The number of aromatic nitrogens is 3. The standard InChI is InChI=1S/C9H12N4OS/c1-6-5-13-9(11-6)15-8(12-13)3-4-10-7(2)14/h5H,3-4H2,1-2H3,(H,10,14). The van der Waals surface area contributed by atoms with Crippen LogP contribution in [0.4, 0.5) is 0 Å². The lowest BCUT2D eigenvalue weighted by Crippen LogP contribution is -2.22. The van der Waals surface area contributed by atoms with E-state index in [0.29, 0.717) is 6.54 Å². The summed E-state index contributed by atoms with van der Waals surface area (Å²) < 4.78 is 1.78. The molecular weight excluding hydrogens is 212 g/mol. The largest absolute Gasteiger partial charge is 0.356 e. The van der Waals surface area contributed by atoms with Crippen molar-refractivity contribution >= 4 is 22.2 Å². The summed E-state index contributed by atoms with van der Waals surface area (Å²) in [6, 6.07) is 0. The smallest absolute Gasteiger partial charge is 0.216 e. The Bertz CT molecular complexity index is 456. The van der Waals surface area contributed by atoms with Crippen molar-refractivity contribution < 1.29 is 4.79 Å². The fraction of sp³-hybridized carbons (Fsp3) is 0.444. The number of carbonyl (C=O) groups excluding carboxylic acids is 1. The number of hydrogen-bond acceptors (Lipinski definition) is 4. The van der Waals surface area contributed by atoms with E-state index in [1.807, 2.05) is 13.1 Å². The monoisotopic (exact) mass is 224 g/mol. The maximum atomic E-state index is 10.7. The molecule has 0 aliphatic rings. The molecule has 80 valence electrons. The second kappa shape index (κ2) is 3.98. The van der Waals surface area contributed by atoms with Crippen LogP contribution < -0.4 is 5.32 Å². The summed E-state index contributed by atoms with van der Waals surface area (Å²) in [5.74, 6) is -0.00724. The van der Waals surface area contributed by atoms with Gasteiger partial charge >= 0.3 is 0 Å². The molecule has 0 saturated heterocycles. The van der Waals surface area contributed by atoms with E-state index in [1.165, 1.54) is 6.92 Å². The fourth-order valence-corrected chi connectivity index (χ4v) is 2.22. The molecule has 2 rings (SSSR count). The third-order valence-electron chi connectivity index (χ3n) is 1.92. The summed E-state index contributed by atoms with van der Waals surface area (Å²) in [4.78, 5) is 15.9. The molecule has 0 aliphatic carbocycles. The average Bonchev–Trinajstić information content (AvgIpc) is 2.60. The van der Waals surface area contributed by atoms with Crippen molar-refractivity contribution in [1.29, 1.82) is 0 Å². The van der Waals surface area contributed by atoms with E-state index < -0.39 is 0 Å². The van der Waals surface area contributed by atoms with E-state index in [0.717, 1.165) is 22.1 Å². The Morgan fingerprint density at radius 3 is 3.13 bits per heavy atom. The summed E-state index contributed by atoms with van der Waals surface area (Å²) in [7, 11) is 0. The number of aryl methyl sites for hydroxylation is 1. The van der Waals surface area contributed by atoms with Crippen LogP contribution in [0.1, 0.15) is 17.6 Å². The Kier molecular flexibility index (Phi) is 2.68. The van der Waals surface area contributed by atoms with Gasteiger partial charge in [0, 0.05) is 19.9 Å². The number of fused-ring (bicyclic) bond motifs is 1. The molecule has 0 radical (unpaired) electrons. The Morgan fingerprint density at radius 2 is 2.47 bits per heavy atom. The second-order valence-electron chi connectivity index (χ2n) is 3.34. The number of nitrogens with zero attached hydrogens (tertiary/aromatic N) is 3. The molecule has 1 amide bonds. The number of amides is 1. The first-order valence-corrected chi connectivity index (χ1v) is 5.53. The van der Waals surface area contributed by atoms with Gasteiger partial charge in [0.25, 0.3) is 0 Å². The van der Waals surface area contributed by atoms with Crippen molar-refractivity contribution in [2.24, 2.45) is 0 Å². The van der Waals surface area contributed by atoms with Gasteiger partial charge in [-0.1, -0.05) is 11.3 Å². The van der Waals surface area contributed by atoms with Crippen molar-refractivity contribution in [3.8, 4) is 0 Å². The highest BCUT2D eigenvalue weighted by molar-refractivity contribution is 7.16. The molecule has 0 fully saturated rings. The summed E-state index contributed by atoms with van der Waals surface area (Å²) >= 11 is 1.56. The van der Waals surface area contributed by atoms with E-state index in [-0.39, 0.29) is 5.91 Å². The molecule has 2 aromatic heterocycles. The van der Waals surface area contributed by atoms with Crippen LogP contribution in [0.3, 0.4) is 0 Å². The van der Waals surface area contributed by atoms with E-state index in [4.69, 9.17) is 0 Å². The summed E-state index contributed by atoms with van der Waals surface area (Å²) in [5.41, 5.74) is 0.974. The maximum absolute atomic E-state index is 10.7. The van der Waals surface area contributed by atoms with Gasteiger partial charge in [0.05, 0.1) is 11.9 Å². The molecule has 6 heteroatoms. The Hall–Kier alpha value is -1.43. The number of hydrogen-bond donors (Lipinski definition) is 1. The van der Waals surface area contributed by atoms with Crippen LogP contribution in [0.15, 0.2) is 6.20 Å². The molecular formula is C9H12N4OS. The molecule has 0 aromatic carbocycles. The highest BCUT2D eigenvalue weighted by atomic mass is 32.1. The zero-order chi connectivity index (χ0) is 10.8. The lowest BCUT2D eigenvalue weighted by Gasteiger charge is -1.97. The Morgan fingerprint density at radius 1 is 1.67 bits per heavy atom. The number of carbonyl (C=O) groups is 1. The SMILES string of the molecule is CC(=O)NCCc1nn2cc(C)nc2s1. The highest BCUT2D eigenvalue weighted by Gasteiger charge is 2.05. The third-order valence-corrected chi connectivity index (χ3v) is 2.90. The molecule has 2 aromatic rings. The van der Waals surface area contributed by atoms with Crippen molar-refractivity contribution in [3.05, 3.63) is 16.9 Å². The molecule has 0 aliphatic heterocycles. The van der Waals surface area contributed by atoms with Gasteiger partial charge in [-0.05, 0) is 6.92 Å². The van der Waals surface area contributed by atoms with E-state index in [9.17, 15) is 4.79 Å². The Labute approximate surface area is 91.1 Å². The van der Waals surface area contributed by atoms with E-state index >= 15 is 0 Å². The molecule has 0 atom stereocenters. The molecule has 15 heavy (non-hydrogen) atoms. The molecule has 5 nitrogen and oxygen atoms in total. The minimum atomic E-state index is -0.00724. The van der Waals surface area contributed by atoms with Crippen LogP contribution in [0.25, 0.3) is 4.96 Å². The van der Waals surface area contributed by atoms with E-state index in [1.54, 1.807) is 15.9 Å². The minimum Gasteiger partial charge on any atom is -0.356 e. The third kappa shape index (κ3) is 2.33. The lowest BCUT2D eigenvalue weighted by atomic mass is 10.4. The van der Waals surface area contributed by atoms with Gasteiger partial charge < -0.3 is 5.32 Å². The predicted molar refractivity (Wildman–Crippen MR) is 58.0 cm³/mol. The predicted octanol–water partition coefficient (Wildman–Crippen LogP) is 0.778. The summed E-state index contributed by atoms with van der Waals surface area (Å²) in [6.45, 7) is 4.08. The first kappa shape index (κ1) is 10.1. The van der Waals surface area contributed by atoms with Crippen LogP contribution in [0, 0.1) is 6.92 Å². The zero-order valence-electron chi connectivity index (χ0n) is 8.65.